The molecule has 6 heteroatoms. The van der Waals surface area contributed by atoms with Gasteiger partial charge in [-0.1, -0.05) is 0 Å². The van der Waals surface area contributed by atoms with Crippen LogP contribution in [-0.4, -0.2) is 60.1 Å². The van der Waals surface area contributed by atoms with Gasteiger partial charge >= 0.3 is 0 Å². The second kappa shape index (κ2) is 5.67. The highest BCUT2D eigenvalue weighted by Gasteiger charge is 2.31. The summed E-state index contributed by atoms with van der Waals surface area (Å²) in [6.07, 6.45) is 1.40. The number of aliphatic hydroxyl groups is 1. The Morgan fingerprint density at radius 3 is 2.61 bits per heavy atom. The molecule has 2 aliphatic rings. The third kappa shape index (κ3) is 3.00. The van der Waals surface area contributed by atoms with Crippen LogP contribution in [0.2, 0.25) is 0 Å². The summed E-state index contributed by atoms with van der Waals surface area (Å²) in [7, 11) is 0. The summed E-state index contributed by atoms with van der Waals surface area (Å²) in [6, 6.07) is -0.300. The van der Waals surface area contributed by atoms with E-state index in [0.29, 0.717) is 25.6 Å². The maximum Gasteiger partial charge on any atom is 0.241 e. The van der Waals surface area contributed by atoms with Gasteiger partial charge in [-0.3, -0.25) is 14.9 Å². The number of hydrogen-bond donors (Lipinski definition) is 3. The van der Waals surface area contributed by atoms with Crippen molar-refractivity contribution in [3.8, 4) is 0 Å². The fourth-order valence-electron chi connectivity index (χ4n) is 2.56. The third-order valence-electron chi connectivity index (χ3n) is 3.84. The molecule has 2 unspecified atom stereocenters. The number of piperidine rings is 1. The molecule has 0 aromatic carbocycles. The van der Waals surface area contributed by atoms with Crippen molar-refractivity contribution in [2.45, 2.75) is 31.9 Å². The quantitative estimate of drug-likeness (QED) is 0.572. The first-order valence-electron chi connectivity index (χ1n) is 6.55. The molecule has 0 radical (unpaired) electrons. The van der Waals surface area contributed by atoms with E-state index in [9.17, 15) is 14.7 Å². The van der Waals surface area contributed by atoms with E-state index in [4.69, 9.17) is 0 Å². The van der Waals surface area contributed by atoms with Crippen LogP contribution in [0, 0.1) is 5.92 Å². The van der Waals surface area contributed by atoms with Crippen molar-refractivity contribution < 1.29 is 14.7 Å². The maximum atomic E-state index is 12.2. The molecule has 2 saturated heterocycles. The Balaban J connectivity index is 1.82. The Hall–Kier alpha value is -1.14. The molecule has 2 fully saturated rings. The van der Waals surface area contributed by atoms with Crippen molar-refractivity contribution in [3.63, 3.8) is 0 Å². The minimum Gasteiger partial charge on any atom is -0.393 e. The predicted octanol–water partition coefficient (Wildman–Crippen LogP) is -1.31. The molecule has 18 heavy (non-hydrogen) atoms. The van der Waals surface area contributed by atoms with E-state index in [2.05, 4.69) is 10.6 Å². The van der Waals surface area contributed by atoms with Crippen molar-refractivity contribution in [3.05, 3.63) is 0 Å². The van der Waals surface area contributed by atoms with Crippen LogP contribution in [0.4, 0.5) is 0 Å². The van der Waals surface area contributed by atoms with Gasteiger partial charge in [0.25, 0.3) is 0 Å². The van der Waals surface area contributed by atoms with Crippen molar-refractivity contribution in [2.75, 3.05) is 26.2 Å². The smallest absolute Gasteiger partial charge is 0.241 e. The molecule has 0 saturated carbocycles. The van der Waals surface area contributed by atoms with Crippen LogP contribution in [0.15, 0.2) is 0 Å². The van der Waals surface area contributed by atoms with Gasteiger partial charge in [0, 0.05) is 19.6 Å². The molecule has 0 aromatic heterocycles. The second-order valence-electron chi connectivity index (χ2n) is 5.14. The highest BCUT2D eigenvalue weighted by Crippen LogP contribution is 2.20. The number of likely N-dealkylation sites (tertiary alicyclic amines) is 1. The van der Waals surface area contributed by atoms with Gasteiger partial charge in [-0.2, -0.15) is 0 Å². The van der Waals surface area contributed by atoms with E-state index in [1.54, 1.807) is 6.92 Å². The number of rotatable bonds is 2. The van der Waals surface area contributed by atoms with Gasteiger partial charge in [0.1, 0.15) is 6.04 Å². The summed E-state index contributed by atoms with van der Waals surface area (Å²) in [6.45, 7) is 3.77. The Morgan fingerprint density at radius 1 is 1.44 bits per heavy atom. The minimum absolute atomic E-state index is 0.0547. The van der Waals surface area contributed by atoms with Crippen LogP contribution in [0.1, 0.15) is 19.8 Å². The van der Waals surface area contributed by atoms with Crippen molar-refractivity contribution in [1.82, 2.24) is 15.5 Å². The van der Waals surface area contributed by atoms with E-state index in [0.717, 1.165) is 12.8 Å². The molecule has 3 N–H and O–H groups in total. The van der Waals surface area contributed by atoms with Crippen LogP contribution in [-0.2, 0) is 9.59 Å². The molecule has 0 aromatic rings. The highest BCUT2D eigenvalue weighted by molar-refractivity contribution is 5.86. The Kier molecular flexibility index (Phi) is 4.19. The predicted molar refractivity (Wildman–Crippen MR) is 65.8 cm³/mol. The summed E-state index contributed by atoms with van der Waals surface area (Å²) >= 11 is 0. The van der Waals surface area contributed by atoms with Crippen molar-refractivity contribution in [1.29, 1.82) is 0 Å². The number of piperazine rings is 1. The van der Waals surface area contributed by atoms with Gasteiger partial charge in [0.15, 0.2) is 0 Å². The lowest BCUT2D eigenvalue weighted by molar-refractivity contribution is -0.136. The average molecular weight is 255 g/mol. The number of carbonyl (C=O) groups is 2. The highest BCUT2D eigenvalue weighted by atomic mass is 16.3. The van der Waals surface area contributed by atoms with E-state index in [1.807, 2.05) is 4.90 Å². The second-order valence-corrected chi connectivity index (χ2v) is 5.14. The minimum atomic E-state index is -0.300. The number of hydrogen-bond acceptors (Lipinski definition) is 4. The van der Waals surface area contributed by atoms with Gasteiger partial charge in [-0.15, -0.1) is 0 Å². The number of nitrogens with zero attached hydrogens (tertiary/aromatic N) is 1. The molecule has 102 valence electrons. The lowest BCUT2D eigenvalue weighted by Gasteiger charge is -2.36. The molecular weight excluding hydrogens is 234 g/mol. The largest absolute Gasteiger partial charge is 0.393 e. The fourth-order valence-corrected chi connectivity index (χ4v) is 2.56. The van der Waals surface area contributed by atoms with Crippen LogP contribution in [0.25, 0.3) is 0 Å². The molecule has 6 nitrogen and oxygen atoms in total. The first-order chi connectivity index (χ1) is 8.58. The molecule has 2 amide bonds. The molecule has 2 aliphatic heterocycles. The third-order valence-corrected chi connectivity index (χ3v) is 3.84. The van der Waals surface area contributed by atoms with Gasteiger partial charge in [0.2, 0.25) is 11.8 Å². The Labute approximate surface area is 107 Å². The molecule has 2 atom stereocenters. The molecule has 0 aliphatic carbocycles. The van der Waals surface area contributed by atoms with Crippen molar-refractivity contribution >= 4 is 11.8 Å². The van der Waals surface area contributed by atoms with Crippen LogP contribution >= 0.6 is 0 Å². The van der Waals surface area contributed by atoms with Crippen molar-refractivity contribution in [2.24, 2.45) is 5.92 Å². The van der Waals surface area contributed by atoms with Crippen LogP contribution < -0.4 is 10.6 Å². The average Bonchev–Trinajstić information content (AvgIpc) is 2.39. The normalized spacial score (nSPS) is 27.8. The first-order valence-corrected chi connectivity index (χ1v) is 6.55. The lowest BCUT2D eigenvalue weighted by Crippen LogP contribution is -2.59. The maximum absolute atomic E-state index is 12.2. The monoisotopic (exact) mass is 255 g/mol. The molecule has 0 spiro atoms. The zero-order valence-electron chi connectivity index (χ0n) is 10.7. The Morgan fingerprint density at radius 2 is 2.11 bits per heavy atom. The van der Waals surface area contributed by atoms with E-state index >= 15 is 0 Å². The molecule has 2 heterocycles. The SMILES string of the molecule is CC(O)C1CCN(C(=O)C2CNC(=O)CN2)CC1. The topological polar surface area (TPSA) is 81.7 Å². The fraction of sp³-hybridized carbons (Fsp3) is 0.833. The summed E-state index contributed by atoms with van der Waals surface area (Å²) in [4.78, 5) is 25.0. The lowest BCUT2D eigenvalue weighted by atomic mass is 9.92. The number of nitrogens with one attached hydrogen (secondary N) is 2. The van der Waals surface area contributed by atoms with Gasteiger partial charge in [-0.25, -0.2) is 0 Å². The number of carbonyl (C=O) groups excluding carboxylic acids is 2. The van der Waals surface area contributed by atoms with E-state index in [-0.39, 0.29) is 30.5 Å². The van der Waals surface area contributed by atoms with E-state index in [1.165, 1.54) is 0 Å². The zero-order valence-corrected chi connectivity index (χ0v) is 10.7. The molecule has 0 bridgehead atoms. The summed E-state index contributed by atoms with van der Waals surface area (Å²) in [5, 5.41) is 15.2. The standard InChI is InChI=1S/C12H21N3O3/c1-8(16)9-2-4-15(5-3-9)12(18)10-6-14-11(17)7-13-10/h8-10,13,16H,2-7H2,1H3,(H,14,17). The van der Waals surface area contributed by atoms with Crippen LogP contribution in [0.3, 0.4) is 0 Å². The summed E-state index contributed by atoms with van der Waals surface area (Å²) < 4.78 is 0. The van der Waals surface area contributed by atoms with E-state index < -0.39 is 0 Å². The van der Waals surface area contributed by atoms with Gasteiger partial charge < -0.3 is 15.3 Å². The van der Waals surface area contributed by atoms with Crippen LogP contribution in [0.5, 0.6) is 0 Å². The Bertz CT molecular complexity index is 315. The zero-order chi connectivity index (χ0) is 13.1. The summed E-state index contributed by atoms with van der Waals surface area (Å²) in [5.41, 5.74) is 0. The number of amides is 2. The van der Waals surface area contributed by atoms with Gasteiger partial charge in [0.05, 0.1) is 12.6 Å². The summed E-state index contributed by atoms with van der Waals surface area (Å²) in [5.74, 6) is 0.291. The first kappa shape index (κ1) is 13.3. The number of aliphatic hydroxyl groups excluding tert-OH is 1. The molecule has 2 rings (SSSR count). The van der Waals surface area contributed by atoms with Gasteiger partial charge in [-0.05, 0) is 25.7 Å². The molecular formula is C12H21N3O3.